The van der Waals surface area contributed by atoms with Crippen LogP contribution in [0.5, 0.6) is 5.88 Å². The first-order valence-corrected chi connectivity index (χ1v) is 6.89. The van der Waals surface area contributed by atoms with Crippen molar-refractivity contribution in [2.24, 2.45) is 5.92 Å². The van der Waals surface area contributed by atoms with E-state index in [9.17, 15) is 13.2 Å². The Balaban J connectivity index is 2.07. The molecule has 0 amide bonds. The summed E-state index contributed by atoms with van der Waals surface area (Å²) in [5, 5.41) is 2.68. The first-order valence-electron chi connectivity index (χ1n) is 6.89. The van der Waals surface area contributed by atoms with Gasteiger partial charge in [-0.3, -0.25) is 0 Å². The van der Waals surface area contributed by atoms with Gasteiger partial charge in [0.1, 0.15) is 0 Å². The predicted octanol–water partition coefficient (Wildman–Crippen LogP) is 2.73. The predicted molar refractivity (Wildman–Crippen MR) is 70.2 cm³/mol. The van der Waals surface area contributed by atoms with Crippen LogP contribution in [0.2, 0.25) is 0 Å². The van der Waals surface area contributed by atoms with Crippen molar-refractivity contribution in [3.05, 3.63) is 11.8 Å². The van der Waals surface area contributed by atoms with Gasteiger partial charge in [0.2, 0.25) is 11.8 Å². The highest BCUT2D eigenvalue weighted by Gasteiger charge is 2.34. The highest BCUT2D eigenvalue weighted by Crippen LogP contribution is 2.30. The molecule has 0 radical (unpaired) electrons. The average molecular weight is 305 g/mol. The Morgan fingerprint density at radius 3 is 2.67 bits per heavy atom. The number of ether oxygens (including phenoxy) is 2. The molecule has 1 N–H and O–H groups in total. The monoisotopic (exact) mass is 305 g/mol. The van der Waals surface area contributed by atoms with Crippen LogP contribution >= 0.6 is 0 Å². The van der Waals surface area contributed by atoms with Gasteiger partial charge in [-0.25, -0.2) is 4.98 Å². The van der Waals surface area contributed by atoms with E-state index in [0.29, 0.717) is 26.4 Å². The van der Waals surface area contributed by atoms with E-state index in [1.165, 1.54) is 0 Å². The van der Waals surface area contributed by atoms with E-state index in [4.69, 9.17) is 9.47 Å². The second kappa shape index (κ2) is 6.93. The summed E-state index contributed by atoms with van der Waals surface area (Å²) < 4.78 is 49.0. The van der Waals surface area contributed by atoms with Gasteiger partial charge in [0.05, 0.1) is 6.61 Å². The van der Waals surface area contributed by atoms with Gasteiger partial charge >= 0.3 is 6.18 Å². The summed E-state index contributed by atoms with van der Waals surface area (Å²) in [7, 11) is 0. The summed E-state index contributed by atoms with van der Waals surface area (Å²) in [6, 6.07) is 0.833. The van der Waals surface area contributed by atoms with Crippen LogP contribution in [-0.2, 0) is 10.9 Å². The molecular weight excluding hydrogens is 287 g/mol. The number of alkyl halides is 3. The first-order chi connectivity index (χ1) is 9.99. The number of hydrogen-bond donors (Lipinski definition) is 1. The molecule has 2 rings (SSSR count). The van der Waals surface area contributed by atoms with Crippen LogP contribution in [-0.4, -0.2) is 36.3 Å². The molecule has 0 aromatic carbocycles. The topological polar surface area (TPSA) is 56.3 Å². The molecule has 21 heavy (non-hydrogen) atoms. The maximum absolute atomic E-state index is 12.8. The molecule has 0 bridgehead atoms. The highest BCUT2D eigenvalue weighted by atomic mass is 19.4. The van der Waals surface area contributed by atoms with E-state index in [1.54, 1.807) is 6.92 Å². The fourth-order valence-electron chi connectivity index (χ4n) is 2.00. The second-order valence-electron chi connectivity index (χ2n) is 4.81. The number of aromatic nitrogens is 2. The van der Waals surface area contributed by atoms with Gasteiger partial charge in [0.25, 0.3) is 0 Å². The van der Waals surface area contributed by atoms with Crippen molar-refractivity contribution in [3.8, 4) is 5.88 Å². The van der Waals surface area contributed by atoms with Crippen molar-refractivity contribution < 1.29 is 22.6 Å². The Bertz CT molecular complexity index is 462. The molecule has 118 valence electrons. The number of anilines is 1. The smallest absolute Gasteiger partial charge is 0.433 e. The van der Waals surface area contributed by atoms with E-state index < -0.39 is 11.9 Å². The number of nitrogens with zero attached hydrogens (tertiary/aromatic N) is 2. The quantitative estimate of drug-likeness (QED) is 0.906. The molecule has 2 heterocycles. The third-order valence-electron chi connectivity index (χ3n) is 3.14. The maximum Gasteiger partial charge on any atom is 0.433 e. The molecule has 0 aliphatic carbocycles. The lowest BCUT2D eigenvalue weighted by Crippen LogP contribution is -2.22. The number of nitrogens with one attached hydrogen (secondary N) is 1. The van der Waals surface area contributed by atoms with Crippen LogP contribution in [0.3, 0.4) is 0 Å². The Kier molecular flexibility index (Phi) is 5.22. The molecule has 0 atom stereocenters. The average Bonchev–Trinajstić information content (AvgIpc) is 2.45. The van der Waals surface area contributed by atoms with Crippen LogP contribution in [0.4, 0.5) is 19.1 Å². The summed E-state index contributed by atoms with van der Waals surface area (Å²) in [4.78, 5) is 7.39. The molecule has 8 heteroatoms. The van der Waals surface area contributed by atoms with E-state index in [1.807, 2.05) is 0 Å². The largest absolute Gasteiger partial charge is 0.477 e. The zero-order valence-corrected chi connectivity index (χ0v) is 11.7. The van der Waals surface area contributed by atoms with Gasteiger partial charge in [-0.1, -0.05) is 0 Å². The van der Waals surface area contributed by atoms with Gasteiger partial charge in [-0.15, -0.1) is 0 Å². The maximum atomic E-state index is 12.8. The summed E-state index contributed by atoms with van der Waals surface area (Å²) in [6.45, 7) is 3.85. The minimum Gasteiger partial charge on any atom is -0.477 e. The van der Waals surface area contributed by atoms with Crippen LogP contribution < -0.4 is 10.1 Å². The fraction of sp³-hybridized carbons (Fsp3) is 0.692. The standard InChI is InChI=1S/C13H18F3N3O2/c1-2-17-12-18-10(13(14,15)16)7-11(19-12)21-8-9-3-5-20-6-4-9/h7,9H,2-6,8H2,1H3,(H,17,18,19). The molecule has 1 aliphatic rings. The molecular formula is C13H18F3N3O2. The number of rotatable bonds is 5. The van der Waals surface area contributed by atoms with Crippen molar-refractivity contribution in [2.75, 3.05) is 31.7 Å². The molecule has 1 fully saturated rings. The number of hydrogen-bond acceptors (Lipinski definition) is 5. The molecule has 1 saturated heterocycles. The molecule has 0 spiro atoms. The van der Waals surface area contributed by atoms with Crippen LogP contribution in [0.1, 0.15) is 25.5 Å². The summed E-state index contributed by atoms with van der Waals surface area (Å²) in [5.74, 6) is 0.153. The minimum absolute atomic E-state index is 0.0558. The molecule has 0 unspecified atom stereocenters. The van der Waals surface area contributed by atoms with Crippen LogP contribution in [0, 0.1) is 5.92 Å². The van der Waals surface area contributed by atoms with Crippen molar-refractivity contribution >= 4 is 5.95 Å². The zero-order valence-electron chi connectivity index (χ0n) is 11.7. The number of halogens is 3. The molecule has 0 saturated carbocycles. The molecule has 1 aromatic heterocycles. The summed E-state index contributed by atoms with van der Waals surface area (Å²) in [5.41, 5.74) is -1.00. The highest BCUT2D eigenvalue weighted by molar-refractivity contribution is 5.31. The summed E-state index contributed by atoms with van der Waals surface area (Å²) >= 11 is 0. The third kappa shape index (κ3) is 4.73. The fourth-order valence-corrected chi connectivity index (χ4v) is 2.00. The van der Waals surface area contributed by atoms with E-state index in [2.05, 4.69) is 15.3 Å². The normalized spacial score (nSPS) is 16.8. The van der Waals surface area contributed by atoms with Gasteiger partial charge in [-0.05, 0) is 25.7 Å². The Morgan fingerprint density at radius 2 is 2.05 bits per heavy atom. The lowest BCUT2D eigenvalue weighted by Gasteiger charge is -2.22. The second-order valence-corrected chi connectivity index (χ2v) is 4.81. The first kappa shape index (κ1) is 15.8. The molecule has 1 aromatic rings. The van der Waals surface area contributed by atoms with Crippen molar-refractivity contribution in [1.82, 2.24) is 9.97 Å². The van der Waals surface area contributed by atoms with Gasteiger partial charge in [-0.2, -0.15) is 18.2 Å². The van der Waals surface area contributed by atoms with E-state index in [0.717, 1.165) is 18.9 Å². The Labute approximate surface area is 120 Å². The zero-order chi connectivity index (χ0) is 15.3. The Hall–Kier alpha value is -1.57. The SMILES string of the molecule is CCNc1nc(OCC2CCOCC2)cc(C(F)(F)F)n1. The van der Waals surface area contributed by atoms with E-state index in [-0.39, 0.29) is 17.7 Å². The van der Waals surface area contributed by atoms with Crippen molar-refractivity contribution in [1.29, 1.82) is 0 Å². The van der Waals surface area contributed by atoms with E-state index >= 15 is 0 Å². The van der Waals surface area contributed by atoms with Crippen molar-refractivity contribution in [3.63, 3.8) is 0 Å². The van der Waals surface area contributed by atoms with Gasteiger partial charge in [0.15, 0.2) is 5.69 Å². The lowest BCUT2D eigenvalue weighted by atomic mass is 10.0. The van der Waals surface area contributed by atoms with Gasteiger partial charge < -0.3 is 14.8 Å². The molecule has 5 nitrogen and oxygen atoms in total. The minimum atomic E-state index is -4.52. The van der Waals surface area contributed by atoms with Crippen LogP contribution in [0.25, 0.3) is 0 Å². The van der Waals surface area contributed by atoms with Crippen LogP contribution in [0.15, 0.2) is 6.07 Å². The third-order valence-corrected chi connectivity index (χ3v) is 3.14. The Morgan fingerprint density at radius 1 is 1.33 bits per heavy atom. The summed E-state index contributed by atoms with van der Waals surface area (Å²) in [6.07, 6.45) is -2.83. The lowest BCUT2D eigenvalue weighted by molar-refractivity contribution is -0.141. The van der Waals surface area contributed by atoms with Gasteiger partial charge in [0, 0.05) is 25.8 Å². The molecule has 1 aliphatic heterocycles. The van der Waals surface area contributed by atoms with Crippen molar-refractivity contribution in [2.45, 2.75) is 25.9 Å².